The highest BCUT2D eigenvalue weighted by molar-refractivity contribution is 7.99. The van der Waals surface area contributed by atoms with Crippen LogP contribution in [0.15, 0.2) is 34.2 Å². The quantitative estimate of drug-likeness (QED) is 0.505. The number of thioether (sulfide) groups is 1. The van der Waals surface area contributed by atoms with Crippen molar-refractivity contribution in [3.63, 3.8) is 0 Å². The highest BCUT2D eigenvalue weighted by atomic mass is 32.2. The van der Waals surface area contributed by atoms with Crippen LogP contribution < -0.4 is 15.6 Å². The number of nitrogens with zero attached hydrogens (tertiary/aromatic N) is 1. The summed E-state index contributed by atoms with van der Waals surface area (Å²) in [5, 5.41) is 3.07. The van der Waals surface area contributed by atoms with E-state index in [0.717, 1.165) is 5.56 Å². The molecule has 1 aliphatic heterocycles. The normalized spacial score (nSPS) is 16.0. The van der Waals surface area contributed by atoms with Gasteiger partial charge in [-0.25, -0.2) is 4.98 Å². The van der Waals surface area contributed by atoms with Crippen LogP contribution in [0.4, 0.5) is 5.82 Å². The number of rotatable bonds is 4. The molecule has 6 nitrogen and oxygen atoms in total. The van der Waals surface area contributed by atoms with E-state index in [0.29, 0.717) is 28.0 Å². The van der Waals surface area contributed by atoms with Gasteiger partial charge in [-0.15, -0.1) is 6.42 Å². The van der Waals surface area contributed by atoms with Crippen LogP contribution in [-0.2, 0) is 4.79 Å². The first kappa shape index (κ1) is 16.1. The number of amides is 1. The molecule has 0 saturated heterocycles. The number of hydrogen-bond donors (Lipinski definition) is 2. The summed E-state index contributed by atoms with van der Waals surface area (Å²) >= 11 is 1.24. The van der Waals surface area contributed by atoms with E-state index in [1.807, 2.05) is 24.3 Å². The summed E-state index contributed by atoms with van der Waals surface area (Å²) in [6.07, 6.45) is 5.41. The van der Waals surface area contributed by atoms with Gasteiger partial charge in [-0.2, -0.15) is 0 Å². The molecule has 0 spiro atoms. The summed E-state index contributed by atoms with van der Waals surface area (Å²) < 4.78 is 5.23. The third kappa shape index (κ3) is 3.14. The standard InChI is InChI=1S/C17H15N3O3S/c1-3-7-24-17-19-15-14(16(22)20-17)12(9-13(21)18-15)10-5-4-6-11(8-10)23-2/h1,4-6,8,12H,7,9H2,2H3,(H2,18,19,20,21,22)/t12-/m1/s1. The second kappa shape index (κ2) is 6.81. The number of benzene rings is 1. The van der Waals surface area contributed by atoms with Crippen LogP contribution in [0.5, 0.6) is 5.75 Å². The second-order valence-corrected chi connectivity index (χ2v) is 6.17. The van der Waals surface area contributed by atoms with Crippen LogP contribution in [-0.4, -0.2) is 28.7 Å². The number of terminal acetylenes is 1. The number of ether oxygens (including phenoxy) is 1. The van der Waals surface area contributed by atoms with Crippen molar-refractivity contribution in [2.75, 3.05) is 18.2 Å². The molecule has 7 heteroatoms. The van der Waals surface area contributed by atoms with Gasteiger partial charge in [0.2, 0.25) is 5.91 Å². The first-order valence-corrected chi connectivity index (χ1v) is 8.25. The number of fused-ring (bicyclic) bond motifs is 1. The number of carbonyl (C=O) groups excluding carboxylic acids is 1. The fourth-order valence-electron chi connectivity index (χ4n) is 2.67. The third-order valence-corrected chi connectivity index (χ3v) is 4.50. The summed E-state index contributed by atoms with van der Waals surface area (Å²) in [7, 11) is 1.57. The van der Waals surface area contributed by atoms with Crippen molar-refractivity contribution in [2.45, 2.75) is 17.5 Å². The zero-order valence-electron chi connectivity index (χ0n) is 13.0. The van der Waals surface area contributed by atoms with Gasteiger partial charge in [0.1, 0.15) is 11.6 Å². The molecule has 0 radical (unpaired) electrons. The highest BCUT2D eigenvalue weighted by Gasteiger charge is 2.31. The monoisotopic (exact) mass is 341 g/mol. The molecule has 3 rings (SSSR count). The predicted octanol–water partition coefficient (Wildman–Crippen LogP) is 1.98. The third-order valence-electron chi connectivity index (χ3n) is 3.72. The Morgan fingerprint density at radius 3 is 3.04 bits per heavy atom. The highest BCUT2D eigenvalue weighted by Crippen LogP contribution is 2.35. The number of H-pyrrole nitrogens is 1. The number of aromatic nitrogens is 2. The van der Waals surface area contributed by atoms with Crippen molar-refractivity contribution in [3.05, 3.63) is 45.7 Å². The number of carbonyl (C=O) groups is 1. The Kier molecular flexibility index (Phi) is 4.58. The summed E-state index contributed by atoms with van der Waals surface area (Å²) in [5.74, 6) is 3.27. The molecule has 0 bridgehead atoms. The molecule has 2 heterocycles. The van der Waals surface area contributed by atoms with Crippen LogP contribution in [0, 0.1) is 12.3 Å². The zero-order valence-corrected chi connectivity index (χ0v) is 13.8. The van der Waals surface area contributed by atoms with Gasteiger partial charge in [0.15, 0.2) is 5.16 Å². The number of hydrogen-bond acceptors (Lipinski definition) is 5. The van der Waals surface area contributed by atoms with E-state index in [9.17, 15) is 9.59 Å². The molecule has 122 valence electrons. The molecule has 0 unspecified atom stereocenters. The lowest BCUT2D eigenvalue weighted by molar-refractivity contribution is -0.116. The molecule has 0 fully saturated rings. The van der Waals surface area contributed by atoms with E-state index in [-0.39, 0.29) is 23.8 Å². The molecule has 2 N–H and O–H groups in total. The van der Waals surface area contributed by atoms with Gasteiger partial charge in [0, 0.05) is 12.3 Å². The van der Waals surface area contributed by atoms with E-state index < -0.39 is 0 Å². The number of anilines is 1. The lowest BCUT2D eigenvalue weighted by Gasteiger charge is -2.24. The van der Waals surface area contributed by atoms with Crippen LogP contribution in [0.3, 0.4) is 0 Å². The second-order valence-electron chi connectivity index (χ2n) is 5.21. The van der Waals surface area contributed by atoms with Crippen molar-refractivity contribution >= 4 is 23.5 Å². The smallest absolute Gasteiger partial charge is 0.257 e. The SMILES string of the molecule is C#CCSc1nc2c(c(=O)[nH]1)[C@@H](c1cccc(OC)c1)CC(=O)N2. The molecule has 1 aromatic heterocycles. The lowest BCUT2D eigenvalue weighted by Crippen LogP contribution is -2.31. The Morgan fingerprint density at radius 1 is 1.46 bits per heavy atom. The Bertz CT molecular complexity index is 885. The summed E-state index contributed by atoms with van der Waals surface area (Å²) in [5.41, 5.74) is 1.02. The summed E-state index contributed by atoms with van der Waals surface area (Å²) in [4.78, 5) is 31.7. The van der Waals surface area contributed by atoms with E-state index in [4.69, 9.17) is 11.2 Å². The minimum absolute atomic E-state index is 0.179. The maximum Gasteiger partial charge on any atom is 0.257 e. The van der Waals surface area contributed by atoms with Gasteiger partial charge in [-0.1, -0.05) is 29.8 Å². The molecule has 0 saturated carbocycles. The van der Waals surface area contributed by atoms with Crippen molar-refractivity contribution in [2.24, 2.45) is 0 Å². The molecule has 1 amide bonds. The Hall–Kier alpha value is -2.72. The number of nitrogens with one attached hydrogen (secondary N) is 2. The summed E-state index contributed by atoms with van der Waals surface area (Å²) in [6.45, 7) is 0. The van der Waals surface area contributed by atoms with Crippen molar-refractivity contribution < 1.29 is 9.53 Å². The number of aromatic amines is 1. The molecule has 24 heavy (non-hydrogen) atoms. The largest absolute Gasteiger partial charge is 0.497 e. The minimum Gasteiger partial charge on any atom is -0.497 e. The van der Waals surface area contributed by atoms with Crippen LogP contribution >= 0.6 is 11.8 Å². The van der Waals surface area contributed by atoms with Crippen LogP contribution in [0.25, 0.3) is 0 Å². The van der Waals surface area contributed by atoms with E-state index in [2.05, 4.69) is 21.2 Å². The van der Waals surface area contributed by atoms with E-state index >= 15 is 0 Å². The first-order chi connectivity index (χ1) is 11.6. The molecule has 1 aliphatic rings. The predicted molar refractivity (Wildman–Crippen MR) is 92.5 cm³/mol. The first-order valence-electron chi connectivity index (χ1n) is 7.26. The number of methoxy groups -OCH3 is 1. The van der Waals surface area contributed by atoms with E-state index in [1.54, 1.807) is 7.11 Å². The molecular weight excluding hydrogens is 326 g/mol. The van der Waals surface area contributed by atoms with Gasteiger partial charge in [-0.05, 0) is 17.7 Å². The van der Waals surface area contributed by atoms with Gasteiger partial charge in [-0.3, -0.25) is 9.59 Å². The average Bonchev–Trinajstić information content (AvgIpc) is 2.59. The van der Waals surface area contributed by atoms with Crippen molar-refractivity contribution in [1.82, 2.24) is 9.97 Å². The van der Waals surface area contributed by atoms with Crippen LogP contribution in [0.2, 0.25) is 0 Å². The molecule has 0 aliphatic carbocycles. The van der Waals surface area contributed by atoms with Gasteiger partial charge < -0.3 is 15.0 Å². The fraction of sp³-hybridized carbons (Fsp3) is 0.235. The molecular formula is C17H15N3O3S. The fourth-order valence-corrected chi connectivity index (χ4v) is 3.21. The van der Waals surface area contributed by atoms with Crippen molar-refractivity contribution in [3.8, 4) is 18.1 Å². The Morgan fingerprint density at radius 2 is 2.29 bits per heavy atom. The molecule has 2 aromatic rings. The Balaban J connectivity index is 2.07. The maximum atomic E-state index is 12.5. The minimum atomic E-state index is -0.369. The van der Waals surface area contributed by atoms with Gasteiger partial charge in [0.05, 0.1) is 18.4 Å². The van der Waals surface area contributed by atoms with Crippen molar-refractivity contribution in [1.29, 1.82) is 0 Å². The topological polar surface area (TPSA) is 84.1 Å². The zero-order chi connectivity index (χ0) is 17.1. The van der Waals surface area contributed by atoms with E-state index in [1.165, 1.54) is 11.8 Å². The van der Waals surface area contributed by atoms with Gasteiger partial charge >= 0.3 is 0 Å². The Labute approximate surface area is 143 Å². The lowest BCUT2D eigenvalue weighted by atomic mass is 9.87. The average molecular weight is 341 g/mol. The van der Waals surface area contributed by atoms with Gasteiger partial charge in [0.25, 0.3) is 5.56 Å². The maximum absolute atomic E-state index is 12.5. The summed E-state index contributed by atoms with van der Waals surface area (Å²) in [6, 6.07) is 7.35. The molecule has 1 aromatic carbocycles. The molecule has 1 atom stereocenters. The van der Waals surface area contributed by atoms with Crippen LogP contribution in [0.1, 0.15) is 23.5 Å².